The zero-order chi connectivity index (χ0) is 23.2. The van der Waals surface area contributed by atoms with Gasteiger partial charge in [0.25, 0.3) is 0 Å². The molecule has 1 heterocycles. The van der Waals surface area contributed by atoms with Crippen molar-refractivity contribution in [3.63, 3.8) is 0 Å². The number of ether oxygens (including phenoxy) is 3. The van der Waals surface area contributed by atoms with Crippen LogP contribution in [0.1, 0.15) is 50.7 Å². The average molecular weight is 465 g/mol. The summed E-state index contributed by atoms with van der Waals surface area (Å²) in [6, 6.07) is 15.0. The second kappa shape index (κ2) is 8.53. The molecule has 0 saturated heterocycles. The van der Waals surface area contributed by atoms with Crippen molar-refractivity contribution in [2.45, 2.75) is 54.8 Å². The van der Waals surface area contributed by atoms with Crippen LogP contribution in [-0.2, 0) is 14.9 Å². The molecule has 0 fully saturated rings. The molecule has 1 N–H and O–H groups in total. The number of fused-ring (bicyclic) bond motifs is 6. The Kier molecular flexibility index (Phi) is 5.84. The van der Waals surface area contributed by atoms with E-state index in [9.17, 15) is 5.11 Å². The first-order chi connectivity index (χ1) is 15.9. The third-order valence-corrected chi connectivity index (χ3v) is 8.14. The van der Waals surface area contributed by atoms with Gasteiger partial charge in [0.2, 0.25) is 0 Å². The summed E-state index contributed by atoms with van der Waals surface area (Å²) in [4.78, 5) is 0.779. The van der Waals surface area contributed by atoms with Gasteiger partial charge < -0.3 is 19.3 Å². The van der Waals surface area contributed by atoms with E-state index in [1.54, 1.807) is 26.0 Å². The highest BCUT2D eigenvalue weighted by Crippen LogP contribution is 2.58. The zero-order valence-corrected chi connectivity index (χ0v) is 20.7. The normalized spacial score (nSPS) is 17.0. The predicted octanol–water partition coefficient (Wildman–Crippen LogP) is 6.89. The fraction of sp³-hybridized carbons (Fsp3) is 0.429. The van der Waals surface area contributed by atoms with Crippen LogP contribution in [0.5, 0.6) is 11.5 Å². The van der Waals surface area contributed by atoms with Crippen LogP contribution in [0.3, 0.4) is 0 Å². The van der Waals surface area contributed by atoms with Crippen molar-refractivity contribution in [1.82, 2.24) is 0 Å². The minimum absolute atomic E-state index is 0.178. The number of phenols is 1. The zero-order valence-electron chi connectivity index (χ0n) is 19.9. The molecule has 0 atom stereocenters. The second-order valence-corrected chi connectivity index (χ2v) is 11.2. The molecule has 5 rings (SSSR count). The van der Waals surface area contributed by atoms with E-state index in [2.05, 4.69) is 50.2 Å². The van der Waals surface area contributed by atoms with Crippen LogP contribution in [0.2, 0.25) is 0 Å². The van der Waals surface area contributed by atoms with E-state index in [-0.39, 0.29) is 10.3 Å². The van der Waals surface area contributed by atoms with Gasteiger partial charge in [-0.1, -0.05) is 36.0 Å². The Labute approximate surface area is 200 Å². The molecule has 0 radical (unpaired) electrons. The summed E-state index contributed by atoms with van der Waals surface area (Å²) in [5.41, 5.74) is 4.87. The molecule has 0 amide bonds. The third-order valence-electron chi connectivity index (χ3n) is 7.02. The second-order valence-electron chi connectivity index (χ2n) is 9.59. The monoisotopic (exact) mass is 464 g/mol. The maximum absolute atomic E-state index is 11.3. The Morgan fingerprint density at radius 3 is 2.30 bits per heavy atom. The van der Waals surface area contributed by atoms with Gasteiger partial charge in [-0.3, -0.25) is 0 Å². The maximum Gasteiger partial charge on any atom is 0.153 e. The first-order valence-corrected chi connectivity index (χ1v) is 12.5. The van der Waals surface area contributed by atoms with E-state index in [4.69, 9.17) is 14.2 Å². The van der Waals surface area contributed by atoms with Gasteiger partial charge in [0.1, 0.15) is 11.5 Å². The topological polar surface area (TPSA) is 47.9 Å². The quantitative estimate of drug-likeness (QED) is 0.368. The number of hydrogen-bond donors (Lipinski definition) is 1. The smallest absolute Gasteiger partial charge is 0.153 e. The first kappa shape index (κ1) is 22.6. The van der Waals surface area contributed by atoms with Crippen LogP contribution < -0.4 is 4.74 Å². The predicted molar refractivity (Wildman–Crippen MR) is 135 cm³/mol. The lowest BCUT2D eigenvalue weighted by Crippen LogP contribution is -2.26. The number of hydrogen-bond acceptors (Lipinski definition) is 5. The lowest BCUT2D eigenvalue weighted by molar-refractivity contribution is 0.173. The number of rotatable bonds is 8. The Morgan fingerprint density at radius 2 is 1.61 bits per heavy atom. The molecule has 4 nitrogen and oxygen atoms in total. The van der Waals surface area contributed by atoms with Crippen molar-refractivity contribution in [3.8, 4) is 22.6 Å². The number of methoxy groups -OCH3 is 2. The van der Waals surface area contributed by atoms with Crippen molar-refractivity contribution in [3.05, 3.63) is 53.6 Å². The average Bonchev–Trinajstić information content (AvgIpc) is 3.23. The Balaban J connectivity index is 1.75. The molecule has 0 unspecified atom stereocenters. The highest BCUT2D eigenvalue weighted by atomic mass is 32.2. The summed E-state index contributed by atoms with van der Waals surface area (Å²) in [5, 5.41) is 13.2. The molecule has 0 aromatic heterocycles. The van der Waals surface area contributed by atoms with Crippen molar-refractivity contribution in [1.29, 1.82) is 0 Å². The van der Waals surface area contributed by atoms with Crippen molar-refractivity contribution >= 4 is 22.5 Å². The SMILES string of the molecule is COCCCC1(CCCOC)c2ccccc2-c2c1cc(O)c1cc3c(cc21)OC(C)(C)S3. The Bertz CT molecular complexity index is 1190. The van der Waals surface area contributed by atoms with Crippen LogP contribution >= 0.6 is 11.8 Å². The molecule has 5 heteroatoms. The van der Waals surface area contributed by atoms with Crippen LogP contribution in [-0.4, -0.2) is 37.5 Å². The number of benzene rings is 3. The van der Waals surface area contributed by atoms with Crippen molar-refractivity contribution < 1.29 is 19.3 Å². The van der Waals surface area contributed by atoms with Crippen LogP contribution in [0.4, 0.5) is 0 Å². The van der Waals surface area contributed by atoms with Crippen molar-refractivity contribution in [2.24, 2.45) is 0 Å². The lowest BCUT2D eigenvalue weighted by atomic mass is 9.71. The standard InChI is InChI=1S/C28H32O4S/c1-27(2)32-24-15-20-19(16-25(24)33-27)23(29)17-22-26(20)18-9-5-6-10-21(18)28(22,11-7-13-30-3)12-8-14-31-4/h5-6,9-10,15-17,29H,7-8,11-14H2,1-4H3. The van der Waals surface area contributed by atoms with Gasteiger partial charge in [-0.2, -0.15) is 0 Å². The fourth-order valence-corrected chi connectivity index (χ4v) is 6.79. The summed E-state index contributed by atoms with van der Waals surface area (Å²) in [5.74, 6) is 1.24. The number of thioether (sulfide) groups is 1. The molecule has 3 aromatic rings. The number of phenolic OH excluding ortho intramolecular Hbond substituents is 1. The van der Waals surface area contributed by atoms with E-state index in [1.165, 1.54) is 22.3 Å². The van der Waals surface area contributed by atoms with E-state index in [0.717, 1.165) is 60.3 Å². The van der Waals surface area contributed by atoms with Gasteiger partial charge in [0.15, 0.2) is 4.93 Å². The minimum Gasteiger partial charge on any atom is -0.507 e. The summed E-state index contributed by atoms with van der Waals surface area (Å²) >= 11 is 1.70. The molecule has 1 aliphatic heterocycles. The molecular formula is C28H32O4S. The van der Waals surface area contributed by atoms with Gasteiger partial charge in [-0.25, -0.2) is 0 Å². The van der Waals surface area contributed by atoms with E-state index in [0.29, 0.717) is 5.75 Å². The Morgan fingerprint density at radius 1 is 0.909 bits per heavy atom. The van der Waals surface area contributed by atoms with Crippen LogP contribution in [0.25, 0.3) is 21.9 Å². The summed E-state index contributed by atoms with van der Waals surface area (Å²) in [7, 11) is 3.51. The van der Waals surface area contributed by atoms with Crippen LogP contribution in [0.15, 0.2) is 47.4 Å². The summed E-state index contributed by atoms with van der Waals surface area (Å²) in [6.07, 6.45) is 3.83. The van der Waals surface area contributed by atoms with Gasteiger partial charge >= 0.3 is 0 Å². The van der Waals surface area contributed by atoms with Crippen molar-refractivity contribution in [2.75, 3.05) is 27.4 Å². The molecular weight excluding hydrogens is 432 g/mol. The number of aromatic hydroxyl groups is 1. The fourth-order valence-electron chi connectivity index (χ4n) is 5.75. The van der Waals surface area contributed by atoms with E-state index in [1.807, 2.05) is 6.07 Å². The van der Waals surface area contributed by atoms with Crippen LogP contribution in [0, 0.1) is 0 Å². The van der Waals surface area contributed by atoms with E-state index >= 15 is 0 Å². The first-order valence-electron chi connectivity index (χ1n) is 11.7. The van der Waals surface area contributed by atoms with Gasteiger partial charge in [-0.15, -0.1) is 0 Å². The van der Waals surface area contributed by atoms with Gasteiger partial charge in [-0.05, 0) is 85.4 Å². The molecule has 0 saturated carbocycles. The highest BCUT2D eigenvalue weighted by molar-refractivity contribution is 8.00. The molecule has 2 aliphatic rings. The summed E-state index contributed by atoms with van der Waals surface area (Å²) in [6.45, 7) is 5.60. The highest BCUT2D eigenvalue weighted by Gasteiger charge is 2.44. The molecule has 33 heavy (non-hydrogen) atoms. The third kappa shape index (κ3) is 3.71. The molecule has 0 bridgehead atoms. The maximum atomic E-state index is 11.3. The van der Waals surface area contributed by atoms with E-state index < -0.39 is 0 Å². The minimum atomic E-state index is -0.305. The summed E-state index contributed by atoms with van der Waals surface area (Å²) < 4.78 is 17.1. The molecule has 0 spiro atoms. The Hall–Kier alpha value is -2.21. The lowest BCUT2D eigenvalue weighted by Gasteiger charge is -2.33. The molecule has 3 aromatic carbocycles. The van der Waals surface area contributed by atoms with Gasteiger partial charge in [0, 0.05) is 38.2 Å². The molecule has 174 valence electrons. The molecule has 1 aliphatic carbocycles. The van der Waals surface area contributed by atoms with Gasteiger partial charge in [0.05, 0.1) is 4.90 Å². The largest absolute Gasteiger partial charge is 0.507 e.